The molecule has 0 aliphatic heterocycles. The van der Waals surface area contributed by atoms with E-state index in [1.165, 1.54) is 0 Å². The summed E-state index contributed by atoms with van der Waals surface area (Å²) in [5, 5.41) is 10.7. The number of nitro groups is 1. The first kappa shape index (κ1) is 14.4. The molecule has 1 rings (SSSR count). The van der Waals surface area contributed by atoms with Gasteiger partial charge >= 0.3 is 0 Å². The SMILES string of the molecule is CCCCC(=O)CC(C[N+](=O)[O-])c1ccccc1. The first-order valence-electron chi connectivity index (χ1n) is 6.32. The number of hydrogen-bond acceptors (Lipinski definition) is 3. The fraction of sp³-hybridized carbons (Fsp3) is 0.500. The van der Waals surface area contributed by atoms with Gasteiger partial charge in [0.15, 0.2) is 0 Å². The lowest BCUT2D eigenvalue weighted by molar-refractivity contribution is -0.483. The van der Waals surface area contributed by atoms with Crippen molar-refractivity contribution in [3.8, 4) is 0 Å². The Labute approximate surface area is 107 Å². The monoisotopic (exact) mass is 249 g/mol. The highest BCUT2D eigenvalue weighted by atomic mass is 16.6. The Morgan fingerprint density at radius 3 is 2.56 bits per heavy atom. The number of carbonyl (C=O) groups is 1. The molecule has 0 fully saturated rings. The summed E-state index contributed by atoms with van der Waals surface area (Å²) in [7, 11) is 0. The van der Waals surface area contributed by atoms with E-state index in [2.05, 4.69) is 0 Å². The molecular weight excluding hydrogens is 230 g/mol. The number of hydrogen-bond donors (Lipinski definition) is 0. The molecular formula is C14H19NO3. The molecule has 1 atom stereocenters. The second kappa shape index (κ2) is 7.58. The van der Waals surface area contributed by atoms with Crippen LogP contribution in [0.1, 0.15) is 44.1 Å². The number of ketones is 1. The summed E-state index contributed by atoms with van der Waals surface area (Å²) in [6, 6.07) is 9.26. The molecule has 4 heteroatoms. The van der Waals surface area contributed by atoms with Crippen LogP contribution >= 0.6 is 0 Å². The quantitative estimate of drug-likeness (QED) is 0.525. The first-order valence-corrected chi connectivity index (χ1v) is 6.32. The highest BCUT2D eigenvalue weighted by Gasteiger charge is 2.20. The number of rotatable bonds is 8. The average molecular weight is 249 g/mol. The lowest BCUT2D eigenvalue weighted by Crippen LogP contribution is -2.16. The van der Waals surface area contributed by atoms with Gasteiger partial charge in [-0.15, -0.1) is 0 Å². The molecule has 0 spiro atoms. The van der Waals surface area contributed by atoms with E-state index in [1.807, 2.05) is 37.3 Å². The van der Waals surface area contributed by atoms with Crippen molar-refractivity contribution >= 4 is 5.78 Å². The number of unbranched alkanes of at least 4 members (excludes halogenated alkanes) is 1. The van der Waals surface area contributed by atoms with Crippen molar-refractivity contribution in [2.75, 3.05) is 6.54 Å². The average Bonchev–Trinajstić information content (AvgIpc) is 2.36. The minimum Gasteiger partial charge on any atom is -0.300 e. The van der Waals surface area contributed by atoms with Gasteiger partial charge in [0.1, 0.15) is 5.78 Å². The van der Waals surface area contributed by atoms with Gasteiger partial charge in [-0.2, -0.15) is 0 Å². The van der Waals surface area contributed by atoms with Crippen LogP contribution in [0.5, 0.6) is 0 Å². The predicted molar refractivity (Wildman–Crippen MR) is 70.2 cm³/mol. The van der Waals surface area contributed by atoms with Gasteiger partial charge in [0.25, 0.3) is 0 Å². The fourth-order valence-electron chi connectivity index (χ4n) is 1.94. The Balaban J connectivity index is 2.67. The summed E-state index contributed by atoms with van der Waals surface area (Å²) < 4.78 is 0. The van der Waals surface area contributed by atoms with Crippen LogP contribution in [0.15, 0.2) is 30.3 Å². The van der Waals surface area contributed by atoms with E-state index in [9.17, 15) is 14.9 Å². The summed E-state index contributed by atoms with van der Waals surface area (Å²) in [6.45, 7) is 1.85. The molecule has 98 valence electrons. The van der Waals surface area contributed by atoms with E-state index in [0.717, 1.165) is 18.4 Å². The van der Waals surface area contributed by atoms with Crippen LogP contribution < -0.4 is 0 Å². The predicted octanol–water partition coefficient (Wildman–Crippen LogP) is 3.20. The number of Topliss-reactive ketones (excluding diaryl/α,β-unsaturated/α-hetero) is 1. The molecule has 1 aromatic rings. The Hall–Kier alpha value is -1.71. The zero-order valence-electron chi connectivity index (χ0n) is 10.7. The van der Waals surface area contributed by atoms with Crippen molar-refractivity contribution in [1.82, 2.24) is 0 Å². The summed E-state index contributed by atoms with van der Waals surface area (Å²) in [4.78, 5) is 22.1. The molecule has 0 amide bonds. The van der Waals surface area contributed by atoms with E-state index in [1.54, 1.807) is 0 Å². The van der Waals surface area contributed by atoms with Crippen LogP contribution in [-0.2, 0) is 4.79 Å². The van der Waals surface area contributed by atoms with Gasteiger partial charge in [-0.25, -0.2) is 0 Å². The van der Waals surface area contributed by atoms with Gasteiger partial charge in [-0.1, -0.05) is 43.7 Å². The Morgan fingerprint density at radius 1 is 1.33 bits per heavy atom. The van der Waals surface area contributed by atoms with Crippen molar-refractivity contribution in [2.24, 2.45) is 0 Å². The molecule has 1 aromatic carbocycles. The molecule has 0 radical (unpaired) electrons. The summed E-state index contributed by atoms with van der Waals surface area (Å²) in [5.74, 6) is -0.182. The molecule has 18 heavy (non-hydrogen) atoms. The third kappa shape index (κ3) is 5.08. The highest BCUT2D eigenvalue weighted by molar-refractivity contribution is 5.79. The molecule has 0 aromatic heterocycles. The summed E-state index contributed by atoms with van der Waals surface area (Å²) >= 11 is 0. The molecule has 4 nitrogen and oxygen atoms in total. The molecule has 0 saturated heterocycles. The van der Waals surface area contributed by atoms with Crippen LogP contribution in [0.2, 0.25) is 0 Å². The van der Waals surface area contributed by atoms with E-state index in [-0.39, 0.29) is 29.6 Å². The van der Waals surface area contributed by atoms with Gasteiger partial charge < -0.3 is 0 Å². The van der Waals surface area contributed by atoms with E-state index in [0.29, 0.717) is 6.42 Å². The zero-order chi connectivity index (χ0) is 13.4. The third-order valence-electron chi connectivity index (χ3n) is 2.92. The second-order valence-corrected chi connectivity index (χ2v) is 4.47. The van der Waals surface area contributed by atoms with Crippen LogP contribution in [0.3, 0.4) is 0 Å². The molecule has 0 bridgehead atoms. The van der Waals surface area contributed by atoms with Gasteiger partial charge in [-0.3, -0.25) is 14.9 Å². The van der Waals surface area contributed by atoms with Crippen LogP contribution in [0.25, 0.3) is 0 Å². The van der Waals surface area contributed by atoms with Crippen LogP contribution in [0.4, 0.5) is 0 Å². The number of benzene rings is 1. The van der Waals surface area contributed by atoms with Gasteiger partial charge in [0, 0.05) is 17.8 Å². The summed E-state index contributed by atoms with van der Waals surface area (Å²) in [5.41, 5.74) is 0.874. The maximum Gasteiger partial charge on any atom is 0.211 e. The molecule has 0 aliphatic rings. The van der Waals surface area contributed by atoms with Crippen molar-refractivity contribution in [2.45, 2.75) is 38.5 Å². The largest absolute Gasteiger partial charge is 0.300 e. The Morgan fingerprint density at radius 2 is 2.00 bits per heavy atom. The van der Waals surface area contributed by atoms with E-state index >= 15 is 0 Å². The Kier molecular flexibility index (Phi) is 6.05. The molecule has 1 unspecified atom stereocenters. The fourth-order valence-corrected chi connectivity index (χ4v) is 1.94. The maximum atomic E-state index is 11.7. The number of nitrogens with zero attached hydrogens (tertiary/aromatic N) is 1. The summed E-state index contributed by atoms with van der Waals surface area (Å²) in [6.07, 6.45) is 2.62. The van der Waals surface area contributed by atoms with Crippen molar-refractivity contribution in [3.05, 3.63) is 46.0 Å². The normalized spacial score (nSPS) is 12.1. The van der Waals surface area contributed by atoms with Crippen molar-refractivity contribution < 1.29 is 9.72 Å². The molecule has 0 N–H and O–H groups in total. The molecule has 0 aliphatic carbocycles. The number of carbonyl (C=O) groups excluding carboxylic acids is 1. The lowest BCUT2D eigenvalue weighted by atomic mass is 9.92. The minimum atomic E-state index is -0.342. The maximum absolute atomic E-state index is 11.7. The molecule has 0 heterocycles. The highest BCUT2D eigenvalue weighted by Crippen LogP contribution is 2.21. The van der Waals surface area contributed by atoms with E-state index in [4.69, 9.17) is 0 Å². The van der Waals surface area contributed by atoms with Crippen molar-refractivity contribution in [3.63, 3.8) is 0 Å². The van der Waals surface area contributed by atoms with Gasteiger partial charge in [0.2, 0.25) is 6.54 Å². The van der Waals surface area contributed by atoms with Crippen LogP contribution in [-0.4, -0.2) is 17.3 Å². The second-order valence-electron chi connectivity index (χ2n) is 4.47. The minimum absolute atomic E-state index is 0.118. The molecule has 0 saturated carbocycles. The lowest BCUT2D eigenvalue weighted by Gasteiger charge is -2.12. The third-order valence-corrected chi connectivity index (χ3v) is 2.92. The first-order chi connectivity index (χ1) is 8.63. The van der Waals surface area contributed by atoms with Gasteiger partial charge in [0.05, 0.1) is 5.92 Å². The Bertz CT molecular complexity index is 389. The van der Waals surface area contributed by atoms with Crippen LogP contribution in [0, 0.1) is 10.1 Å². The smallest absolute Gasteiger partial charge is 0.211 e. The zero-order valence-corrected chi connectivity index (χ0v) is 10.7. The van der Waals surface area contributed by atoms with Crippen molar-refractivity contribution in [1.29, 1.82) is 0 Å². The van der Waals surface area contributed by atoms with Gasteiger partial charge in [-0.05, 0) is 12.0 Å². The topological polar surface area (TPSA) is 60.2 Å². The standard InChI is InChI=1S/C14H19NO3/c1-2-3-9-14(16)10-13(11-15(17)18)12-7-5-4-6-8-12/h4-8,13H,2-3,9-11H2,1H3. The van der Waals surface area contributed by atoms with E-state index < -0.39 is 0 Å².